The van der Waals surface area contributed by atoms with Gasteiger partial charge in [-0.05, 0) is 55.3 Å². The molecule has 0 radical (unpaired) electrons. The molecule has 0 aliphatic carbocycles. The fraction of sp³-hybridized carbons (Fsp3) is 0.158. The Morgan fingerprint density at radius 3 is 2.67 bits per heavy atom. The van der Waals surface area contributed by atoms with Crippen LogP contribution in [0.1, 0.15) is 27.0 Å². The van der Waals surface area contributed by atoms with Gasteiger partial charge in [0.15, 0.2) is 0 Å². The molecule has 3 aromatic rings. The fourth-order valence-electron chi connectivity index (χ4n) is 2.46. The third-order valence-corrected chi connectivity index (χ3v) is 4.28. The first-order valence-electron chi connectivity index (χ1n) is 7.68. The van der Waals surface area contributed by atoms with Crippen molar-refractivity contribution in [3.8, 4) is 5.69 Å². The number of hydrogen-bond donors (Lipinski definition) is 1. The van der Waals surface area contributed by atoms with Crippen molar-refractivity contribution in [2.24, 2.45) is 0 Å². The van der Waals surface area contributed by atoms with E-state index in [4.69, 9.17) is 11.6 Å². The second-order valence-corrected chi connectivity index (χ2v) is 6.14. The Balaban J connectivity index is 1.68. The summed E-state index contributed by atoms with van der Waals surface area (Å²) in [6.07, 6.45) is 3.64. The van der Waals surface area contributed by atoms with Crippen LogP contribution in [0.25, 0.3) is 5.69 Å². The zero-order valence-electron chi connectivity index (χ0n) is 13.6. The van der Waals surface area contributed by atoms with Crippen LogP contribution in [0, 0.1) is 13.8 Å². The molecule has 0 fully saturated rings. The Labute approximate surface area is 146 Å². The molecule has 3 rings (SSSR count). The van der Waals surface area contributed by atoms with Crippen LogP contribution in [-0.4, -0.2) is 15.7 Å². The number of rotatable bonds is 4. The molecule has 0 unspecified atom stereocenters. The average molecular weight is 340 g/mol. The molecule has 4 nitrogen and oxygen atoms in total. The summed E-state index contributed by atoms with van der Waals surface area (Å²) in [5.74, 6) is -0.0737. The largest absolute Gasteiger partial charge is 0.348 e. The van der Waals surface area contributed by atoms with Crippen LogP contribution in [-0.2, 0) is 6.54 Å². The minimum Gasteiger partial charge on any atom is -0.348 e. The second kappa shape index (κ2) is 6.89. The first kappa shape index (κ1) is 16.3. The first-order chi connectivity index (χ1) is 11.5. The Morgan fingerprint density at radius 1 is 1.17 bits per heavy atom. The molecule has 0 aliphatic heterocycles. The van der Waals surface area contributed by atoms with E-state index < -0.39 is 0 Å². The molecule has 0 spiro atoms. The van der Waals surface area contributed by atoms with E-state index in [1.165, 1.54) is 0 Å². The van der Waals surface area contributed by atoms with Crippen molar-refractivity contribution in [3.05, 3.63) is 82.1 Å². The van der Waals surface area contributed by atoms with Gasteiger partial charge in [0.1, 0.15) is 0 Å². The number of hydrogen-bond acceptors (Lipinski definition) is 2. The molecule has 24 heavy (non-hydrogen) atoms. The number of aromatic nitrogens is 2. The van der Waals surface area contributed by atoms with Crippen molar-refractivity contribution in [1.29, 1.82) is 0 Å². The van der Waals surface area contributed by atoms with E-state index in [1.54, 1.807) is 10.9 Å². The predicted molar refractivity (Wildman–Crippen MR) is 95.7 cm³/mol. The molecule has 2 aromatic carbocycles. The molecule has 1 heterocycles. The van der Waals surface area contributed by atoms with E-state index >= 15 is 0 Å². The fourth-order valence-corrected chi connectivity index (χ4v) is 2.59. The number of carbonyl (C=O) groups is 1. The van der Waals surface area contributed by atoms with E-state index in [0.717, 1.165) is 22.4 Å². The highest BCUT2D eigenvalue weighted by Gasteiger charge is 2.10. The van der Waals surface area contributed by atoms with Gasteiger partial charge in [-0.2, -0.15) is 5.10 Å². The number of halogens is 1. The minimum absolute atomic E-state index is 0.0737. The molecule has 1 amide bonds. The van der Waals surface area contributed by atoms with E-state index in [2.05, 4.69) is 10.4 Å². The van der Waals surface area contributed by atoms with Crippen LogP contribution >= 0.6 is 11.6 Å². The number of aryl methyl sites for hydroxylation is 1. The smallest absolute Gasteiger partial charge is 0.251 e. The monoisotopic (exact) mass is 339 g/mol. The predicted octanol–water partition coefficient (Wildman–Crippen LogP) is 4.07. The van der Waals surface area contributed by atoms with Crippen LogP contribution in [0.4, 0.5) is 0 Å². The van der Waals surface area contributed by atoms with Crippen molar-refractivity contribution in [1.82, 2.24) is 15.1 Å². The summed E-state index contributed by atoms with van der Waals surface area (Å²) >= 11 is 5.89. The van der Waals surface area contributed by atoms with Crippen LogP contribution in [0.5, 0.6) is 0 Å². The van der Waals surface area contributed by atoms with Crippen LogP contribution in [0.3, 0.4) is 0 Å². The maximum Gasteiger partial charge on any atom is 0.251 e. The van der Waals surface area contributed by atoms with Gasteiger partial charge < -0.3 is 5.32 Å². The lowest BCUT2D eigenvalue weighted by Crippen LogP contribution is -2.23. The van der Waals surface area contributed by atoms with E-state index in [-0.39, 0.29) is 5.91 Å². The molecule has 0 saturated carbocycles. The van der Waals surface area contributed by atoms with Gasteiger partial charge in [0, 0.05) is 28.9 Å². The summed E-state index contributed by atoms with van der Waals surface area (Å²) < 4.78 is 1.76. The molecular weight excluding hydrogens is 322 g/mol. The van der Waals surface area contributed by atoms with E-state index in [0.29, 0.717) is 17.1 Å². The Hall–Kier alpha value is -2.59. The van der Waals surface area contributed by atoms with Gasteiger partial charge >= 0.3 is 0 Å². The van der Waals surface area contributed by atoms with Gasteiger partial charge in [0.2, 0.25) is 0 Å². The van der Waals surface area contributed by atoms with Gasteiger partial charge in [-0.3, -0.25) is 4.79 Å². The third kappa shape index (κ3) is 3.49. The van der Waals surface area contributed by atoms with Crippen molar-refractivity contribution in [3.63, 3.8) is 0 Å². The first-order valence-corrected chi connectivity index (χ1v) is 8.06. The molecule has 0 bridgehead atoms. The number of nitrogens with one attached hydrogen (secondary N) is 1. The highest BCUT2D eigenvalue weighted by molar-refractivity contribution is 6.30. The molecule has 1 aromatic heterocycles. The quantitative estimate of drug-likeness (QED) is 0.778. The van der Waals surface area contributed by atoms with Crippen molar-refractivity contribution in [2.75, 3.05) is 0 Å². The molecule has 0 saturated heterocycles. The maximum absolute atomic E-state index is 12.4. The van der Waals surface area contributed by atoms with Gasteiger partial charge in [-0.1, -0.05) is 23.7 Å². The van der Waals surface area contributed by atoms with E-state index in [9.17, 15) is 4.79 Å². The number of carbonyl (C=O) groups excluding carboxylic acids is 1. The average Bonchev–Trinajstić information content (AvgIpc) is 3.05. The van der Waals surface area contributed by atoms with Crippen molar-refractivity contribution >= 4 is 17.5 Å². The lowest BCUT2D eigenvalue weighted by atomic mass is 10.0. The highest BCUT2D eigenvalue weighted by Crippen LogP contribution is 2.14. The van der Waals surface area contributed by atoms with Gasteiger partial charge in [0.25, 0.3) is 5.91 Å². The van der Waals surface area contributed by atoms with Crippen molar-refractivity contribution < 1.29 is 4.79 Å². The highest BCUT2D eigenvalue weighted by atomic mass is 35.5. The summed E-state index contributed by atoms with van der Waals surface area (Å²) in [4.78, 5) is 12.4. The molecular formula is C19H18ClN3O. The lowest BCUT2D eigenvalue weighted by molar-refractivity contribution is 0.0950. The summed E-state index contributed by atoms with van der Waals surface area (Å²) in [7, 11) is 0. The maximum atomic E-state index is 12.4. The van der Waals surface area contributed by atoms with Crippen LogP contribution < -0.4 is 5.32 Å². The number of amides is 1. The van der Waals surface area contributed by atoms with E-state index in [1.807, 2.05) is 62.5 Å². The van der Waals surface area contributed by atoms with Crippen LogP contribution in [0.2, 0.25) is 5.02 Å². The molecule has 0 aliphatic rings. The number of benzene rings is 2. The normalized spacial score (nSPS) is 10.6. The molecule has 122 valence electrons. The van der Waals surface area contributed by atoms with Gasteiger partial charge in [0.05, 0.1) is 11.9 Å². The number of nitrogens with zero attached hydrogens (tertiary/aromatic N) is 2. The second-order valence-electron chi connectivity index (χ2n) is 5.70. The Bertz CT molecular complexity index is 869. The summed E-state index contributed by atoms with van der Waals surface area (Å²) in [6.45, 7) is 4.39. The molecule has 0 atom stereocenters. The van der Waals surface area contributed by atoms with Crippen molar-refractivity contribution in [2.45, 2.75) is 20.4 Å². The third-order valence-electron chi connectivity index (χ3n) is 4.03. The van der Waals surface area contributed by atoms with Gasteiger partial charge in [-0.15, -0.1) is 0 Å². The summed E-state index contributed by atoms with van der Waals surface area (Å²) in [6, 6.07) is 13.2. The lowest BCUT2D eigenvalue weighted by Gasteiger charge is -2.08. The molecule has 1 N–H and O–H groups in total. The van der Waals surface area contributed by atoms with Crippen LogP contribution in [0.15, 0.2) is 54.9 Å². The molecule has 5 heteroatoms. The zero-order valence-corrected chi connectivity index (χ0v) is 14.3. The SMILES string of the molecule is Cc1cccc(C(=O)NCc2cnn(-c3ccc(Cl)cc3)c2)c1C. The summed E-state index contributed by atoms with van der Waals surface area (Å²) in [5.41, 5.74) is 4.68. The topological polar surface area (TPSA) is 46.9 Å². The minimum atomic E-state index is -0.0737. The summed E-state index contributed by atoms with van der Waals surface area (Å²) in [5, 5.41) is 7.95. The Morgan fingerprint density at radius 2 is 1.92 bits per heavy atom. The zero-order chi connectivity index (χ0) is 17.1. The Kier molecular flexibility index (Phi) is 4.67. The van der Waals surface area contributed by atoms with Gasteiger partial charge in [-0.25, -0.2) is 4.68 Å². The standard InChI is InChI=1S/C19H18ClN3O/c1-13-4-3-5-18(14(13)2)19(24)21-10-15-11-22-23(12-15)17-8-6-16(20)7-9-17/h3-9,11-12H,10H2,1-2H3,(H,21,24).